The molecule has 0 aliphatic rings. The summed E-state index contributed by atoms with van der Waals surface area (Å²) >= 11 is 1.62. The maximum Gasteiger partial charge on any atom is 0.180 e. The summed E-state index contributed by atoms with van der Waals surface area (Å²) in [5.74, 6) is 0.785. The minimum Gasteiger partial charge on any atom is -0.363 e. The molecule has 1 N–H and O–H groups in total. The molecule has 0 radical (unpaired) electrons. The normalized spacial score (nSPS) is 10.6. The van der Waals surface area contributed by atoms with E-state index < -0.39 is 0 Å². The van der Waals surface area contributed by atoms with Crippen molar-refractivity contribution in [1.29, 1.82) is 0 Å². The van der Waals surface area contributed by atoms with E-state index in [1.807, 2.05) is 17.5 Å². The molecule has 0 bridgehead atoms. The van der Waals surface area contributed by atoms with Crippen LogP contribution in [-0.2, 0) is 6.54 Å². The van der Waals surface area contributed by atoms with Crippen LogP contribution >= 0.6 is 11.3 Å². The molecule has 6 heteroatoms. The summed E-state index contributed by atoms with van der Waals surface area (Å²) < 4.78 is 0. The van der Waals surface area contributed by atoms with Crippen molar-refractivity contribution in [3.05, 3.63) is 41.1 Å². The second-order valence-electron chi connectivity index (χ2n) is 3.37. The molecule has 84 valence electrons. The molecule has 0 saturated heterocycles. The maximum atomic E-state index is 4.37. The van der Waals surface area contributed by atoms with Crippen LogP contribution in [0, 0.1) is 0 Å². The third kappa shape index (κ3) is 2.21. The zero-order chi connectivity index (χ0) is 11.5. The first kappa shape index (κ1) is 10.1. The first-order valence-electron chi connectivity index (χ1n) is 5.12. The molecule has 0 unspecified atom stereocenters. The number of pyridine rings is 1. The second kappa shape index (κ2) is 4.42. The number of aromatic nitrogens is 4. The highest BCUT2D eigenvalue weighted by Crippen LogP contribution is 2.12. The number of nitrogens with one attached hydrogen (secondary N) is 1. The van der Waals surface area contributed by atoms with Gasteiger partial charge in [-0.15, -0.1) is 11.3 Å². The van der Waals surface area contributed by atoms with Gasteiger partial charge in [-0.2, -0.15) is 0 Å². The summed E-state index contributed by atoms with van der Waals surface area (Å²) in [7, 11) is 0. The van der Waals surface area contributed by atoms with Gasteiger partial charge in [-0.05, 0) is 12.1 Å². The molecular formula is C11H9N5S. The van der Waals surface area contributed by atoms with Crippen LogP contribution in [0.4, 0.5) is 5.82 Å². The first-order valence-corrected chi connectivity index (χ1v) is 6.00. The highest BCUT2D eigenvalue weighted by Gasteiger charge is 2.00. The molecule has 0 atom stereocenters. The van der Waals surface area contributed by atoms with Crippen LogP contribution in [0.25, 0.3) is 11.2 Å². The lowest BCUT2D eigenvalue weighted by atomic mass is 10.4. The van der Waals surface area contributed by atoms with Gasteiger partial charge in [-0.1, -0.05) is 0 Å². The standard InChI is InChI=1S/C11H9N5S/c1-2-9(15-7-10-13-5-6-17-10)16-11-8(1)12-3-4-14-11/h1-6H,7H2,(H,14,15,16). The number of thiazole rings is 1. The Morgan fingerprint density at radius 1 is 1.06 bits per heavy atom. The van der Waals surface area contributed by atoms with Gasteiger partial charge in [-0.25, -0.2) is 15.0 Å². The third-order valence-corrected chi connectivity index (χ3v) is 3.02. The number of hydrogen-bond donors (Lipinski definition) is 1. The molecule has 0 amide bonds. The quantitative estimate of drug-likeness (QED) is 0.763. The second-order valence-corrected chi connectivity index (χ2v) is 4.35. The third-order valence-electron chi connectivity index (χ3n) is 2.24. The van der Waals surface area contributed by atoms with E-state index >= 15 is 0 Å². The average Bonchev–Trinajstić information content (AvgIpc) is 2.89. The number of rotatable bonds is 3. The van der Waals surface area contributed by atoms with E-state index in [2.05, 4.69) is 25.3 Å². The predicted octanol–water partition coefficient (Wildman–Crippen LogP) is 2.09. The van der Waals surface area contributed by atoms with Gasteiger partial charge in [0.1, 0.15) is 16.3 Å². The van der Waals surface area contributed by atoms with E-state index in [9.17, 15) is 0 Å². The average molecular weight is 243 g/mol. The number of hydrogen-bond acceptors (Lipinski definition) is 6. The zero-order valence-electron chi connectivity index (χ0n) is 8.87. The minimum absolute atomic E-state index is 0.650. The van der Waals surface area contributed by atoms with Gasteiger partial charge in [0.2, 0.25) is 0 Å². The fourth-order valence-electron chi connectivity index (χ4n) is 1.46. The molecule has 17 heavy (non-hydrogen) atoms. The van der Waals surface area contributed by atoms with Crippen molar-refractivity contribution in [3.63, 3.8) is 0 Å². The first-order chi connectivity index (χ1) is 8.42. The molecule has 0 spiro atoms. The summed E-state index contributed by atoms with van der Waals surface area (Å²) in [4.78, 5) is 16.9. The summed E-state index contributed by atoms with van der Waals surface area (Å²) in [6.07, 6.45) is 5.09. The number of nitrogens with zero attached hydrogens (tertiary/aromatic N) is 4. The Balaban J connectivity index is 1.81. The Labute approximate surface area is 102 Å². The summed E-state index contributed by atoms with van der Waals surface area (Å²) in [6, 6.07) is 3.80. The van der Waals surface area contributed by atoms with E-state index in [-0.39, 0.29) is 0 Å². The fraction of sp³-hybridized carbons (Fsp3) is 0.0909. The van der Waals surface area contributed by atoms with Crippen LogP contribution in [0.1, 0.15) is 5.01 Å². The van der Waals surface area contributed by atoms with Gasteiger partial charge < -0.3 is 5.32 Å². The van der Waals surface area contributed by atoms with Crippen LogP contribution < -0.4 is 5.32 Å². The SMILES string of the molecule is c1csc(CNc2ccc3nccnc3n2)n1. The largest absolute Gasteiger partial charge is 0.363 e. The number of fused-ring (bicyclic) bond motifs is 1. The van der Waals surface area contributed by atoms with Crippen LogP contribution in [0.3, 0.4) is 0 Å². The van der Waals surface area contributed by atoms with Crippen molar-refractivity contribution in [3.8, 4) is 0 Å². The zero-order valence-corrected chi connectivity index (χ0v) is 9.68. The Morgan fingerprint density at radius 2 is 2.00 bits per heavy atom. The Bertz CT molecular complexity index is 623. The van der Waals surface area contributed by atoms with Gasteiger partial charge in [0.25, 0.3) is 0 Å². The minimum atomic E-state index is 0.650. The Kier molecular flexibility index (Phi) is 2.63. The van der Waals surface area contributed by atoms with Crippen molar-refractivity contribution in [1.82, 2.24) is 19.9 Å². The van der Waals surface area contributed by atoms with Crippen molar-refractivity contribution < 1.29 is 0 Å². The molecule has 0 aromatic carbocycles. The van der Waals surface area contributed by atoms with Gasteiger partial charge in [-0.3, -0.25) is 4.98 Å². The van der Waals surface area contributed by atoms with Crippen LogP contribution in [0.5, 0.6) is 0 Å². The number of anilines is 1. The fourth-order valence-corrected chi connectivity index (χ4v) is 2.02. The van der Waals surface area contributed by atoms with Crippen molar-refractivity contribution >= 4 is 28.3 Å². The van der Waals surface area contributed by atoms with Gasteiger partial charge >= 0.3 is 0 Å². The molecule has 3 heterocycles. The highest BCUT2D eigenvalue weighted by molar-refractivity contribution is 7.09. The Hall–Kier alpha value is -2.08. The molecule has 3 aromatic heterocycles. The summed E-state index contributed by atoms with van der Waals surface area (Å²) in [5, 5.41) is 6.20. The van der Waals surface area contributed by atoms with E-state index in [1.165, 1.54) is 0 Å². The van der Waals surface area contributed by atoms with E-state index in [0.717, 1.165) is 16.3 Å². The lowest BCUT2D eigenvalue weighted by Crippen LogP contribution is -2.01. The van der Waals surface area contributed by atoms with E-state index in [1.54, 1.807) is 29.9 Å². The molecular weight excluding hydrogens is 234 g/mol. The van der Waals surface area contributed by atoms with Crippen LogP contribution in [0.15, 0.2) is 36.1 Å². The topological polar surface area (TPSA) is 63.6 Å². The van der Waals surface area contributed by atoms with E-state index in [0.29, 0.717) is 12.2 Å². The predicted molar refractivity (Wildman–Crippen MR) is 66.8 cm³/mol. The Morgan fingerprint density at radius 3 is 2.88 bits per heavy atom. The maximum absolute atomic E-state index is 4.37. The lowest BCUT2D eigenvalue weighted by Gasteiger charge is -2.03. The van der Waals surface area contributed by atoms with Crippen LogP contribution in [0.2, 0.25) is 0 Å². The molecule has 0 saturated carbocycles. The van der Waals surface area contributed by atoms with Gasteiger partial charge in [0.05, 0.1) is 6.54 Å². The van der Waals surface area contributed by atoms with Crippen LogP contribution in [-0.4, -0.2) is 19.9 Å². The summed E-state index contributed by atoms with van der Waals surface area (Å²) in [6.45, 7) is 0.677. The van der Waals surface area contributed by atoms with Crippen molar-refractivity contribution in [2.45, 2.75) is 6.54 Å². The molecule has 3 rings (SSSR count). The molecule has 3 aromatic rings. The van der Waals surface area contributed by atoms with E-state index in [4.69, 9.17) is 0 Å². The lowest BCUT2D eigenvalue weighted by molar-refractivity contribution is 1.08. The summed E-state index contributed by atoms with van der Waals surface area (Å²) in [5.41, 5.74) is 1.45. The van der Waals surface area contributed by atoms with Crippen molar-refractivity contribution in [2.24, 2.45) is 0 Å². The van der Waals surface area contributed by atoms with Gasteiger partial charge in [0, 0.05) is 24.0 Å². The molecule has 0 aliphatic carbocycles. The highest BCUT2D eigenvalue weighted by atomic mass is 32.1. The monoisotopic (exact) mass is 243 g/mol. The molecule has 5 nitrogen and oxygen atoms in total. The smallest absolute Gasteiger partial charge is 0.180 e. The molecule has 0 fully saturated rings. The van der Waals surface area contributed by atoms with Crippen molar-refractivity contribution in [2.75, 3.05) is 5.32 Å². The molecule has 0 aliphatic heterocycles. The van der Waals surface area contributed by atoms with Gasteiger partial charge in [0.15, 0.2) is 5.65 Å².